The fourth-order valence-electron chi connectivity index (χ4n) is 13.7. The van der Waals surface area contributed by atoms with Crippen LogP contribution in [0.2, 0.25) is 0 Å². The van der Waals surface area contributed by atoms with Gasteiger partial charge in [0.2, 0.25) is 0 Å². The number of nitrogens with zero attached hydrogens (tertiary/aromatic N) is 2. The fraction of sp³-hybridized carbons (Fsp3) is 0.105. The minimum absolute atomic E-state index is 0.216. The van der Waals surface area contributed by atoms with Gasteiger partial charge in [0.15, 0.2) is 0 Å². The van der Waals surface area contributed by atoms with Gasteiger partial charge in [-0.3, -0.25) is 0 Å². The molecule has 0 radical (unpaired) electrons. The molecule has 14 rings (SSSR count). The van der Waals surface area contributed by atoms with Crippen molar-refractivity contribution >= 4 is 46.3 Å². The number of fused-ring (bicyclic) bond motifs is 6. The van der Waals surface area contributed by atoms with Crippen molar-refractivity contribution in [2.24, 2.45) is 5.92 Å². The number of hydrogen-bond acceptors (Lipinski definition) is 2. The van der Waals surface area contributed by atoms with E-state index in [0.717, 1.165) is 66.2 Å². The lowest BCUT2D eigenvalue weighted by atomic mass is 9.61. The quantitative estimate of drug-likeness (QED) is 0.113. The Balaban J connectivity index is 0.911. The summed E-state index contributed by atoms with van der Waals surface area (Å²) >= 11 is 0. The van der Waals surface area contributed by atoms with Gasteiger partial charge in [-0.1, -0.05) is 212 Å². The van der Waals surface area contributed by atoms with Gasteiger partial charge in [-0.05, 0) is 195 Å². The molecule has 0 fully saturated rings. The van der Waals surface area contributed by atoms with E-state index < -0.39 is 10.8 Å². The van der Waals surface area contributed by atoms with Crippen LogP contribution in [0.1, 0.15) is 71.0 Å². The molecule has 0 spiro atoms. The maximum atomic E-state index is 2.54. The Labute approximate surface area is 460 Å². The van der Waals surface area contributed by atoms with Gasteiger partial charge < -0.3 is 9.80 Å². The standard InChI is InChI=1S/C76H60N2/c1-9-25-57(26-10-1)75(58-27-11-2-12-28-58)71-51-55(43-47-67(71)69-49-45-65(53-73(69)75)77(61-33-17-5-18-34-61)62-35-19-6-20-36-62)41-42-56-44-48-68-70-50-46-66(78(63-37-21-7-22-38-63)64-39-23-8-24-40-64)54-74(70)76(72(68)52-56,59-29-13-3-14-30-59)60-31-15-4-16-32-60/h1,3,5-11,13-15,17-29,31-54,59H,2,4,12,16,30H2/b42-41+. The molecule has 0 amide bonds. The van der Waals surface area contributed by atoms with Crippen LogP contribution in [-0.4, -0.2) is 0 Å². The fourth-order valence-corrected chi connectivity index (χ4v) is 13.7. The van der Waals surface area contributed by atoms with E-state index in [1.807, 2.05) is 0 Å². The average molecular weight is 1000 g/mol. The number of hydrogen-bond donors (Lipinski definition) is 0. The second-order valence-electron chi connectivity index (χ2n) is 21.3. The number of para-hydroxylation sites is 4. The molecule has 0 saturated carbocycles. The van der Waals surface area contributed by atoms with Gasteiger partial charge in [0.25, 0.3) is 0 Å². The third kappa shape index (κ3) is 7.85. The molecule has 0 saturated heterocycles. The number of allylic oxidation sites excluding steroid dienone is 12. The van der Waals surface area contributed by atoms with Gasteiger partial charge >= 0.3 is 0 Å². The molecule has 2 nitrogen and oxygen atoms in total. The maximum Gasteiger partial charge on any atom is 0.0711 e. The first kappa shape index (κ1) is 47.2. The first-order valence-corrected chi connectivity index (χ1v) is 27.9. The summed E-state index contributed by atoms with van der Waals surface area (Å²) in [5.74, 6) is 0.216. The van der Waals surface area contributed by atoms with Crippen molar-refractivity contribution in [3.63, 3.8) is 0 Å². The van der Waals surface area contributed by atoms with Crippen LogP contribution in [-0.2, 0) is 10.8 Å². The van der Waals surface area contributed by atoms with Gasteiger partial charge in [-0.25, -0.2) is 0 Å². The first-order valence-electron chi connectivity index (χ1n) is 27.9. The monoisotopic (exact) mass is 1000 g/mol. The Morgan fingerprint density at radius 1 is 0.359 bits per heavy atom. The van der Waals surface area contributed by atoms with Crippen LogP contribution in [0.15, 0.2) is 296 Å². The molecule has 9 aromatic carbocycles. The highest BCUT2D eigenvalue weighted by atomic mass is 15.1. The molecule has 78 heavy (non-hydrogen) atoms. The SMILES string of the molecule is C1=CCC(C2(C3=CCCC=C3)c3cc(/C=C/c4ccc5c(c4)C(C4=CCCC=C4)(c4ccccc4)c4cc(N(c6ccccc6)c6ccccc6)ccc4-5)ccc3-c3ccc(N(c4ccccc4)c4ccccc4)cc32)C=C1. The zero-order valence-corrected chi connectivity index (χ0v) is 43.8. The van der Waals surface area contributed by atoms with Crippen LogP contribution >= 0.6 is 0 Å². The van der Waals surface area contributed by atoms with Gasteiger partial charge in [0, 0.05) is 34.1 Å². The summed E-state index contributed by atoms with van der Waals surface area (Å²) in [6, 6.07) is 83.4. The van der Waals surface area contributed by atoms with Crippen molar-refractivity contribution in [2.45, 2.75) is 42.9 Å². The molecular weight excluding hydrogens is 941 g/mol. The Morgan fingerprint density at radius 2 is 0.782 bits per heavy atom. The van der Waals surface area contributed by atoms with Crippen LogP contribution in [0.3, 0.4) is 0 Å². The van der Waals surface area contributed by atoms with Gasteiger partial charge in [-0.15, -0.1) is 0 Å². The summed E-state index contributed by atoms with van der Waals surface area (Å²) in [5.41, 5.74) is 22.8. The van der Waals surface area contributed by atoms with E-state index in [1.165, 1.54) is 72.3 Å². The Kier molecular flexibility index (Phi) is 12.1. The second kappa shape index (κ2) is 20.0. The smallest absolute Gasteiger partial charge is 0.0711 e. The minimum Gasteiger partial charge on any atom is -0.310 e. The Hall–Kier alpha value is -9.24. The molecule has 5 aliphatic carbocycles. The lowest BCUT2D eigenvalue weighted by Gasteiger charge is -2.41. The predicted octanol–water partition coefficient (Wildman–Crippen LogP) is 20.1. The van der Waals surface area contributed by atoms with E-state index in [0.29, 0.717) is 0 Å². The van der Waals surface area contributed by atoms with Crippen molar-refractivity contribution in [1.82, 2.24) is 0 Å². The minimum atomic E-state index is -0.542. The molecule has 0 aromatic heterocycles. The van der Waals surface area contributed by atoms with Crippen molar-refractivity contribution in [2.75, 3.05) is 9.80 Å². The molecule has 3 atom stereocenters. The Morgan fingerprint density at radius 3 is 1.26 bits per heavy atom. The molecule has 0 bridgehead atoms. The van der Waals surface area contributed by atoms with E-state index in [2.05, 4.69) is 307 Å². The topological polar surface area (TPSA) is 6.48 Å². The van der Waals surface area contributed by atoms with Crippen LogP contribution in [0.25, 0.3) is 34.4 Å². The first-order chi connectivity index (χ1) is 38.7. The lowest BCUT2D eigenvalue weighted by molar-refractivity contribution is 0.454. The van der Waals surface area contributed by atoms with Crippen LogP contribution in [0.5, 0.6) is 0 Å². The van der Waals surface area contributed by atoms with Crippen LogP contribution < -0.4 is 9.80 Å². The zero-order chi connectivity index (χ0) is 51.9. The predicted molar refractivity (Wildman–Crippen MR) is 328 cm³/mol. The van der Waals surface area contributed by atoms with Crippen molar-refractivity contribution in [3.8, 4) is 22.3 Å². The van der Waals surface area contributed by atoms with Crippen molar-refractivity contribution < 1.29 is 0 Å². The van der Waals surface area contributed by atoms with Crippen molar-refractivity contribution in [1.29, 1.82) is 0 Å². The van der Waals surface area contributed by atoms with Gasteiger partial charge in [0.1, 0.15) is 0 Å². The molecule has 5 aliphatic rings. The summed E-state index contributed by atoms with van der Waals surface area (Å²) < 4.78 is 0. The maximum absolute atomic E-state index is 2.54. The van der Waals surface area contributed by atoms with E-state index in [1.54, 1.807) is 0 Å². The zero-order valence-electron chi connectivity index (χ0n) is 43.8. The molecular formula is C76H60N2. The largest absolute Gasteiger partial charge is 0.310 e. The average Bonchev–Trinajstić information content (AvgIpc) is 4.20. The molecule has 9 aromatic rings. The second-order valence-corrected chi connectivity index (χ2v) is 21.3. The van der Waals surface area contributed by atoms with E-state index in [4.69, 9.17) is 0 Å². The molecule has 374 valence electrons. The molecule has 2 heteroatoms. The number of benzene rings is 9. The summed E-state index contributed by atoms with van der Waals surface area (Å²) in [7, 11) is 0. The van der Waals surface area contributed by atoms with Crippen LogP contribution in [0, 0.1) is 5.92 Å². The Bertz CT molecular complexity index is 3850. The summed E-state index contributed by atoms with van der Waals surface area (Å²) in [6.07, 6.45) is 33.8. The van der Waals surface area contributed by atoms with E-state index in [-0.39, 0.29) is 5.92 Å². The van der Waals surface area contributed by atoms with Crippen LogP contribution in [0.4, 0.5) is 34.1 Å². The molecule has 0 N–H and O–H groups in total. The highest BCUT2D eigenvalue weighted by Gasteiger charge is 2.51. The highest BCUT2D eigenvalue weighted by molar-refractivity contribution is 5.93. The third-order valence-corrected chi connectivity index (χ3v) is 17.0. The number of rotatable bonds is 12. The number of anilines is 6. The van der Waals surface area contributed by atoms with E-state index >= 15 is 0 Å². The molecule has 0 heterocycles. The van der Waals surface area contributed by atoms with Crippen molar-refractivity contribution in [3.05, 3.63) is 335 Å². The van der Waals surface area contributed by atoms with Gasteiger partial charge in [-0.2, -0.15) is 0 Å². The van der Waals surface area contributed by atoms with Gasteiger partial charge in [0.05, 0.1) is 10.8 Å². The molecule has 0 aliphatic heterocycles. The third-order valence-electron chi connectivity index (χ3n) is 17.0. The lowest BCUT2D eigenvalue weighted by Crippen LogP contribution is -2.36. The van der Waals surface area contributed by atoms with E-state index in [9.17, 15) is 0 Å². The normalized spacial score (nSPS) is 19.4. The molecule has 3 unspecified atom stereocenters. The summed E-state index contributed by atoms with van der Waals surface area (Å²) in [5, 5.41) is 0. The highest BCUT2D eigenvalue weighted by Crippen LogP contribution is 2.61. The summed E-state index contributed by atoms with van der Waals surface area (Å²) in [6.45, 7) is 0. The summed E-state index contributed by atoms with van der Waals surface area (Å²) in [4.78, 5) is 4.81.